The van der Waals surface area contributed by atoms with Gasteiger partial charge < -0.3 is 10.1 Å². The van der Waals surface area contributed by atoms with Gasteiger partial charge in [0.25, 0.3) is 11.8 Å². The molecule has 3 amide bonds. The third kappa shape index (κ3) is 4.24. The minimum atomic E-state index is -0.353. The molecule has 0 bridgehead atoms. The Kier molecular flexibility index (Phi) is 6.44. The highest BCUT2D eigenvalue weighted by Crippen LogP contribution is 2.25. The van der Waals surface area contributed by atoms with Crippen LogP contribution in [0, 0.1) is 0 Å². The van der Waals surface area contributed by atoms with Gasteiger partial charge >= 0.3 is 0 Å². The molecule has 28 heavy (non-hydrogen) atoms. The summed E-state index contributed by atoms with van der Waals surface area (Å²) in [7, 11) is 1.56. The van der Waals surface area contributed by atoms with E-state index in [0.29, 0.717) is 22.6 Å². The van der Waals surface area contributed by atoms with E-state index in [2.05, 4.69) is 5.32 Å². The molecule has 2 aromatic rings. The molecule has 0 saturated heterocycles. The number of benzene rings is 2. The lowest BCUT2D eigenvalue weighted by atomic mass is 10.1. The van der Waals surface area contributed by atoms with Crippen LogP contribution in [0.5, 0.6) is 0 Å². The maximum Gasteiger partial charge on any atom is 0.261 e. The molecule has 0 spiro atoms. The van der Waals surface area contributed by atoms with Crippen LogP contribution in [0.3, 0.4) is 0 Å². The van der Waals surface area contributed by atoms with Crippen LogP contribution in [0.25, 0.3) is 0 Å². The van der Waals surface area contributed by atoms with Crippen LogP contribution < -0.4 is 5.32 Å². The van der Waals surface area contributed by atoms with Gasteiger partial charge in [0, 0.05) is 37.2 Å². The van der Waals surface area contributed by atoms with E-state index in [-0.39, 0.29) is 43.3 Å². The molecule has 146 valence electrons. The van der Waals surface area contributed by atoms with E-state index in [1.165, 1.54) is 4.90 Å². The van der Waals surface area contributed by atoms with Gasteiger partial charge in [0.1, 0.15) is 6.10 Å². The molecule has 0 fully saturated rings. The van der Waals surface area contributed by atoms with Crippen molar-refractivity contribution in [2.75, 3.05) is 20.2 Å². The number of carbonyl (C=O) groups is 3. The van der Waals surface area contributed by atoms with Gasteiger partial charge in [-0.3, -0.25) is 19.3 Å². The molecule has 1 aliphatic heterocycles. The van der Waals surface area contributed by atoms with Crippen molar-refractivity contribution < 1.29 is 19.1 Å². The monoisotopic (exact) mass is 400 g/mol. The first-order valence-corrected chi connectivity index (χ1v) is 9.40. The van der Waals surface area contributed by atoms with Crippen molar-refractivity contribution in [2.24, 2.45) is 0 Å². The first-order valence-electron chi connectivity index (χ1n) is 9.02. The molecule has 0 aromatic heterocycles. The lowest BCUT2D eigenvalue weighted by Crippen LogP contribution is -2.33. The number of nitrogens with zero attached hydrogens (tertiary/aromatic N) is 1. The van der Waals surface area contributed by atoms with E-state index < -0.39 is 0 Å². The molecule has 7 heteroatoms. The first-order chi connectivity index (χ1) is 13.5. The second-order valence-corrected chi connectivity index (χ2v) is 6.87. The number of rotatable bonds is 8. The zero-order valence-electron chi connectivity index (χ0n) is 15.5. The molecular formula is C21H21ClN2O4. The Morgan fingerprint density at radius 2 is 1.68 bits per heavy atom. The second-order valence-electron chi connectivity index (χ2n) is 6.46. The summed E-state index contributed by atoms with van der Waals surface area (Å²) >= 11 is 6.17. The van der Waals surface area contributed by atoms with E-state index in [1.54, 1.807) is 37.4 Å². The number of hydrogen-bond acceptors (Lipinski definition) is 4. The third-order valence-electron chi connectivity index (χ3n) is 4.68. The van der Waals surface area contributed by atoms with Gasteiger partial charge in [0.15, 0.2) is 0 Å². The number of hydrogen-bond donors (Lipinski definition) is 1. The topological polar surface area (TPSA) is 75.7 Å². The van der Waals surface area contributed by atoms with Crippen molar-refractivity contribution in [1.29, 1.82) is 0 Å². The zero-order chi connectivity index (χ0) is 20.1. The van der Waals surface area contributed by atoms with Gasteiger partial charge in [0.2, 0.25) is 5.91 Å². The highest BCUT2D eigenvalue weighted by atomic mass is 35.5. The highest BCUT2D eigenvalue weighted by molar-refractivity contribution is 6.31. The fourth-order valence-corrected chi connectivity index (χ4v) is 3.45. The van der Waals surface area contributed by atoms with E-state index in [0.717, 1.165) is 5.56 Å². The summed E-state index contributed by atoms with van der Waals surface area (Å²) in [5.41, 5.74) is 1.64. The Balaban J connectivity index is 1.47. The molecule has 0 aliphatic carbocycles. The van der Waals surface area contributed by atoms with Gasteiger partial charge in [-0.05, 0) is 24.6 Å². The fourth-order valence-electron chi connectivity index (χ4n) is 3.19. The molecule has 0 saturated carbocycles. The second kappa shape index (κ2) is 8.99. The van der Waals surface area contributed by atoms with Crippen LogP contribution in [-0.4, -0.2) is 42.8 Å². The quantitative estimate of drug-likeness (QED) is 0.690. The zero-order valence-corrected chi connectivity index (χ0v) is 16.2. The van der Waals surface area contributed by atoms with E-state index >= 15 is 0 Å². The number of ether oxygens (including phenoxy) is 1. The molecule has 1 unspecified atom stereocenters. The summed E-state index contributed by atoms with van der Waals surface area (Å²) in [6, 6.07) is 14.0. The summed E-state index contributed by atoms with van der Waals surface area (Å²) in [5, 5.41) is 3.39. The number of carbonyl (C=O) groups excluding carboxylic acids is 3. The van der Waals surface area contributed by atoms with Crippen molar-refractivity contribution in [3.05, 3.63) is 70.2 Å². The molecule has 1 atom stereocenters. The van der Waals surface area contributed by atoms with Gasteiger partial charge in [-0.1, -0.05) is 41.9 Å². The summed E-state index contributed by atoms with van der Waals surface area (Å²) < 4.78 is 5.42. The summed E-state index contributed by atoms with van der Waals surface area (Å²) in [6.07, 6.45) is 0.238. The maximum atomic E-state index is 12.3. The summed E-state index contributed by atoms with van der Waals surface area (Å²) in [6.45, 7) is 0.490. The predicted octanol–water partition coefficient (Wildman–Crippen LogP) is 3.22. The van der Waals surface area contributed by atoms with Crippen LogP contribution >= 0.6 is 11.6 Å². The first kappa shape index (κ1) is 20.0. The molecule has 3 rings (SSSR count). The molecular weight excluding hydrogens is 380 g/mol. The van der Waals surface area contributed by atoms with Crippen molar-refractivity contribution in [2.45, 2.75) is 18.9 Å². The lowest BCUT2D eigenvalue weighted by molar-refractivity contribution is -0.121. The number of imide groups is 1. The SMILES string of the molecule is COC(CNC(=O)CCCN1C(=O)c2ccccc2C1=O)c1ccccc1Cl. The van der Waals surface area contributed by atoms with Crippen LogP contribution in [0.15, 0.2) is 48.5 Å². The Hall–Kier alpha value is -2.70. The number of halogens is 1. The summed E-state index contributed by atoms with van der Waals surface area (Å²) in [5.74, 6) is -0.788. The maximum absolute atomic E-state index is 12.3. The molecule has 1 aliphatic rings. The van der Waals surface area contributed by atoms with Gasteiger partial charge in [-0.15, -0.1) is 0 Å². The number of nitrogens with one attached hydrogen (secondary N) is 1. The average molecular weight is 401 g/mol. The lowest BCUT2D eigenvalue weighted by Gasteiger charge is -2.18. The van der Waals surface area contributed by atoms with Crippen LogP contribution in [0.4, 0.5) is 0 Å². The van der Waals surface area contributed by atoms with Crippen LogP contribution in [0.1, 0.15) is 45.2 Å². The van der Waals surface area contributed by atoms with Gasteiger partial charge in [-0.2, -0.15) is 0 Å². The van der Waals surface area contributed by atoms with Crippen molar-refractivity contribution in [3.63, 3.8) is 0 Å². The standard InChI is InChI=1S/C21H21ClN2O4/c1-28-18(16-9-4-5-10-17(16)22)13-23-19(25)11-6-12-24-20(26)14-7-2-3-8-15(14)21(24)27/h2-5,7-10,18H,6,11-13H2,1H3,(H,23,25). The Labute approximate surface area is 168 Å². The largest absolute Gasteiger partial charge is 0.375 e. The van der Waals surface area contributed by atoms with E-state index in [1.807, 2.05) is 18.2 Å². The Morgan fingerprint density at radius 3 is 2.29 bits per heavy atom. The fraction of sp³-hybridized carbons (Fsp3) is 0.286. The van der Waals surface area contributed by atoms with Crippen molar-refractivity contribution in [1.82, 2.24) is 10.2 Å². The van der Waals surface area contributed by atoms with Crippen molar-refractivity contribution in [3.8, 4) is 0 Å². The van der Waals surface area contributed by atoms with Crippen LogP contribution in [-0.2, 0) is 9.53 Å². The number of methoxy groups -OCH3 is 1. The number of amides is 3. The highest BCUT2D eigenvalue weighted by Gasteiger charge is 2.34. The van der Waals surface area contributed by atoms with Gasteiger partial charge in [-0.25, -0.2) is 0 Å². The minimum Gasteiger partial charge on any atom is -0.375 e. The van der Waals surface area contributed by atoms with E-state index in [9.17, 15) is 14.4 Å². The molecule has 1 heterocycles. The molecule has 2 aromatic carbocycles. The number of fused-ring (bicyclic) bond motifs is 1. The van der Waals surface area contributed by atoms with Crippen LogP contribution in [0.2, 0.25) is 5.02 Å². The Morgan fingerprint density at radius 1 is 1.07 bits per heavy atom. The van der Waals surface area contributed by atoms with Gasteiger partial charge in [0.05, 0.1) is 11.1 Å². The Bertz CT molecular complexity index is 864. The summed E-state index contributed by atoms with van der Waals surface area (Å²) in [4.78, 5) is 37.9. The molecule has 1 N–H and O–H groups in total. The normalized spacial score (nSPS) is 14.1. The third-order valence-corrected chi connectivity index (χ3v) is 5.03. The smallest absolute Gasteiger partial charge is 0.261 e. The molecule has 6 nitrogen and oxygen atoms in total. The minimum absolute atomic E-state index is 0.175. The average Bonchev–Trinajstić information content (AvgIpc) is 2.95. The van der Waals surface area contributed by atoms with Crippen molar-refractivity contribution >= 4 is 29.3 Å². The molecule has 0 radical (unpaired) electrons. The van der Waals surface area contributed by atoms with E-state index in [4.69, 9.17) is 16.3 Å². The predicted molar refractivity (Wildman–Crippen MR) is 105 cm³/mol.